The van der Waals surface area contributed by atoms with E-state index >= 15 is 0 Å². The van der Waals surface area contributed by atoms with E-state index in [9.17, 15) is 0 Å². The van der Waals surface area contributed by atoms with Gasteiger partial charge in [0.1, 0.15) is 0 Å². The second-order valence-electron chi connectivity index (χ2n) is 3.05. The van der Waals surface area contributed by atoms with E-state index in [0.29, 0.717) is 4.08 Å². The largest absolute Gasteiger partial charge is 0.107 e. The molecule has 0 saturated heterocycles. The van der Waals surface area contributed by atoms with Gasteiger partial charge in [0.15, 0.2) is 0 Å². The van der Waals surface area contributed by atoms with Gasteiger partial charge in [0, 0.05) is 9.79 Å². The van der Waals surface area contributed by atoms with Gasteiger partial charge in [-0.1, -0.05) is 12.1 Å². The third-order valence-electron chi connectivity index (χ3n) is 1.56. The molecule has 11 heavy (non-hydrogen) atoms. The Labute approximate surface area is 75.8 Å². The fraction of sp³-hybridized carbons (Fsp3) is 0.333. The maximum absolute atomic E-state index is 2.27. The van der Waals surface area contributed by atoms with Crippen LogP contribution in [-0.4, -0.2) is 4.08 Å². The van der Waals surface area contributed by atoms with Crippen molar-refractivity contribution in [2.24, 2.45) is 0 Å². The highest BCUT2D eigenvalue weighted by molar-refractivity contribution is 8.20. The Kier molecular flexibility index (Phi) is 1.69. The Morgan fingerprint density at radius 2 is 1.45 bits per heavy atom. The van der Waals surface area contributed by atoms with Crippen LogP contribution < -0.4 is 0 Å². The molecule has 0 nitrogen and oxygen atoms in total. The van der Waals surface area contributed by atoms with E-state index in [1.807, 2.05) is 23.5 Å². The van der Waals surface area contributed by atoms with Crippen LogP contribution in [0.15, 0.2) is 34.1 Å². The van der Waals surface area contributed by atoms with E-state index in [4.69, 9.17) is 0 Å². The molecule has 1 aliphatic rings. The second kappa shape index (κ2) is 2.46. The maximum atomic E-state index is 2.27. The Hall–Kier alpha value is -0.0800. The molecule has 1 aliphatic heterocycles. The van der Waals surface area contributed by atoms with Crippen LogP contribution in [-0.2, 0) is 0 Å². The Morgan fingerprint density at radius 3 is 1.91 bits per heavy atom. The zero-order chi connectivity index (χ0) is 7.90. The van der Waals surface area contributed by atoms with Crippen molar-refractivity contribution in [3.8, 4) is 0 Å². The highest BCUT2D eigenvalue weighted by Gasteiger charge is 2.29. The molecule has 0 spiro atoms. The van der Waals surface area contributed by atoms with Crippen molar-refractivity contribution in [2.75, 3.05) is 0 Å². The number of benzene rings is 1. The minimum atomic E-state index is 0.337. The summed E-state index contributed by atoms with van der Waals surface area (Å²) in [5, 5.41) is 0. The van der Waals surface area contributed by atoms with Gasteiger partial charge in [-0.05, 0) is 26.0 Å². The standard InChI is InChI=1S/C9H10S2/c1-9(2)10-7-5-3-4-6-8(7)11-9/h3-6H,1-2H3. The first kappa shape index (κ1) is 7.56. The van der Waals surface area contributed by atoms with E-state index < -0.39 is 0 Å². The molecule has 0 aliphatic carbocycles. The zero-order valence-corrected chi connectivity index (χ0v) is 8.26. The highest BCUT2D eigenvalue weighted by Crippen LogP contribution is 2.54. The van der Waals surface area contributed by atoms with Crippen molar-refractivity contribution < 1.29 is 0 Å². The normalized spacial score (nSPS) is 19.8. The molecule has 0 radical (unpaired) electrons. The van der Waals surface area contributed by atoms with Gasteiger partial charge in [0.25, 0.3) is 0 Å². The van der Waals surface area contributed by atoms with Gasteiger partial charge in [-0.25, -0.2) is 0 Å². The first-order valence-electron chi connectivity index (χ1n) is 3.64. The van der Waals surface area contributed by atoms with Gasteiger partial charge >= 0.3 is 0 Å². The molecule has 1 aromatic carbocycles. The van der Waals surface area contributed by atoms with Crippen LogP contribution in [0.5, 0.6) is 0 Å². The monoisotopic (exact) mass is 182 g/mol. The second-order valence-corrected chi connectivity index (χ2v) is 6.64. The topological polar surface area (TPSA) is 0 Å². The minimum absolute atomic E-state index is 0.337. The summed E-state index contributed by atoms with van der Waals surface area (Å²) < 4.78 is 0.337. The predicted octanol–water partition coefficient (Wildman–Crippen LogP) is 3.62. The predicted molar refractivity (Wildman–Crippen MR) is 52.2 cm³/mol. The number of fused-ring (bicyclic) bond motifs is 1. The Morgan fingerprint density at radius 1 is 1.00 bits per heavy atom. The fourth-order valence-corrected chi connectivity index (χ4v) is 3.81. The number of rotatable bonds is 0. The lowest BCUT2D eigenvalue weighted by Gasteiger charge is -2.12. The first-order valence-corrected chi connectivity index (χ1v) is 5.28. The van der Waals surface area contributed by atoms with Crippen molar-refractivity contribution in [1.82, 2.24) is 0 Å². The molecule has 1 aromatic rings. The third kappa shape index (κ3) is 1.42. The lowest BCUT2D eigenvalue weighted by Crippen LogP contribution is -2.01. The quantitative estimate of drug-likeness (QED) is 0.601. The van der Waals surface area contributed by atoms with Crippen LogP contribution in [0.25, 0.3) is 0 Å². The van der Waals surface area contributed by atoms with E-state index in [1.165, 1.54) is 9.79 Å². The molecule has 2 rings (SSSR count). The molecule has 0 saturated carbocycles. The average molecular weight is 182 g/mol. The molecule has 0 atom stereocenters. The first-order chi connectivity index (χ1) is 5.17. The SMILES string of the molecule is CC1(C)Sc2ccccc2S1. The van der Waals surface area contributed by atoms with Crippen molar-refractivity contribution >= 4 is 23.5 Å². The molecular weight excluding hydrogens is 172 g/mol. The summed E-state index contributed by atoms with van der Waals surface area (Å²) >= 11 is 3.91. The van der Waals surface area contributed by atoms with Crippen LogP contribution in [0.2, 0.25) is 0 Å². The van der Waals surface area contributed by atoms with E-state index in [-0.39, 0.29) is 0 Å². The molecule has 0 bridgehead atoms. The van der Waals surface area contributed by atoms with Gasteiger partial charge in [-0.15, -0.1) is 23.5 Å². The third-order valence-corrected chi connectivity index (χ3v) is 4.32. The summed E-state index contributed by atoms with van der Waals surface area (Å²) in [4.78, 5) is 2.87. The van der Waals surface area contributed by atoms with Crippen LogP contribution in [0.4, 0.5) is 0 Å². The average Bonchev–Trinajstić information content (AvgIpc) is 2.21. The van der Waals surface area contributed by atoms with Crippen LogP contribution >= 0.6 is 23.5 Å². The van der Waals surface area contributed by atoms with E-state index in [0.717, 1.165) is 0 Å². The van der Waals surface area contributed by atoms with Gasteiger partial charge in [0.05, 0.1) is 4.08 Å². The zero-order valence-electron chi connectivity index (χ0n) is 6.63. The molecule has 58 valence electrons. The van der Waals surface area contributed by atoms with E-state index in [2.05, 4.69) is 38.1 Å². The summed E-state index contributed by atoms with van der Waals surface area (Å²) in [5.74, 6) is 0. The summed E-state index contributed by atoms with van der Waals surface area (Å²) in [6.45, 7) is 4.53. The maximum Gasteiger partial charge on any atom is 0.0649 e. The molecule has 0 fully saturated rings. The van der Waals surface area contributed by atoms with Gasteiger partial charge < -0.3 is 0 Å². The molecule has 2 heteroatoms. The lowest BCUT2D eigenvalue weighted by molar-refractivity contribution is 1.04. The Bertz CT molecular complexity index is 252. The van der Waals surface area contributed by atoms with E-state index in [1.54, 1.807) is 0 Å². The van der Waals surface area contributed by atoms with Crippen molar-refractivity contribution in [2.45, 2.75) is 27.7 Å². The number of thioether (sulfide) groups is 2. The lowest BCUT2D eigenvalue weighted by atomic mass is 10.4. The highest BCUT2D eigenvalue weighted by atomic mass is 32.2. The minimum Gasteiger partial charge on any atom is -0.107 e. The van der Waals surface area contributed by atoms with Gasteiger partial charge in [-0.3, -0.25) is 0 Å². The molecular formula is C9H10S2. The summed E-state index contributed by atoms with van der Waals surface area (Å²) in [6, 6.07) is 8.60. The van der Waals surface area contributed by atoms with Crippen LogP contribution in [0.1, 0.15) is 13.8 Å². The molecule has 0 N–H and O–H groups in total. The van der Waals surface area contributed by atoms with Crippen LogP contribution in [0.3, 0.4) is 0 Å². The number of hydrogen-bond donors (Lipinski definition) is 0. The molecule has 1 heterocycles. The van der Waals surface area contributed by atoms with Crippen molar-refractivity contribution in [3.05, 3.63) is 24.3 Å². The molecule has 0 amide bonds. The van der Waals surface area contributed by atoms with Crippen LogP contribution in [0, 0.1) is 0 Å². The molecule has 0 unspecified atom stereocenters. The Balaban J connectivity index is 2.41. The van der Waals surface area contributed by atoms with Gasteiger partial charge in [-0.2, -0.15) is 0 Å². The van der Waals surface area contributed by atoms with Crippen molar-refractivity contribution in [1.29, 1.82) is 0 Å². The molecule has 0 aromatic heterocycles. The summed E-state index contributed by atoms with van der Waals surface area (Å²) in [6.07, 6.45) is 0. The van der Waals surface area contributed by atoms with Gasteiger partial charge in [0.2, 0.25) is 0 Å². The fourth-order valence-electron chi connectivity index (χ4n) is 1.17. The number of hydrogen-bond acceptors (Lipinski definition) is 2. The smallest absolute Gasteiger partial charge is 0.0649 e. The summed E-state index contributed by atoms with van der Waals surface area (Å²) in [7, 11) is 0. The summed E-state index contributed by atoms with van der Waals surface area (Å²) in [5.41, 5.74) is 0. The van der Waals surface area contributed by atoms with Crippen molar-refractivity contribution in [3.63, 3.8) is 0 Å².